The maximum Gasteiger partial charge on any atom is 0.142 e. The monoisotopic (exact) mass is 458 g/mol. The van der Waals surface area contributed by atoms with Crippen molar-refractivity contribution in [2.24, 2.45) is 0 Å². The Kier molecular flexibility index (Phi) is 8.66. The average Bonchev–Trinajstić information content (AvgIpc) is 2.87. The number of rotatable bonds is 5. The van der Waals surface area contributed by atoms with E-state index in [9.17, 15) is 5.26 Å². The van der Waals surface area contributed by atoms with Gasteiger partial charge in [-0.25, -0.2) is 15.0 Å². The largest absolute Gasteiger partial charge is 0.489 e. The van der Waals surface area contributed by atoms with Crippen molar-refractivity contribution in [2.45, 2.75) is 46.6 Å². The highest BCUT2D eigenvalue weighted by molar-refractivity contribution is 5.85. The number of nitrogen functional groups attached to an aromatic ring is 1. The number of aryl methyl sites for hydroxylation is 1. The smallest absolute Gasteiger partial charge is 0.142 e. The Balaban J connectivity index is 0.00000158. The van der Waals surface area contributed by atoms with Gasteiger partial charge in [0.2, 0.25) is 0 Å². The summed E-state index contributed by atoms with van der Waals surface area (Å²) in [6.07, 6.45) is 8.35. The van der Waals surface area contributed by atoms with Crippen molar-refractivity contribution in [1.29, 1.82) is 5.26 Å². The van der Waals surface area contributed by atoms with Crippen LogP contribution in [0.1, 0.15) is 56.1 Å². The van der Waals surface area contributed by atoms with Crippen LogP contribution in [0.5, 0.6) is 5.75 Å². The number of ether oxygens (including phenoxy) is 2. The molecule has 0 atom stereocenters. The van der Waals surface area contributed by atoms with E-state index in [0.29, 0.717) is 36.0 Å². The molecule has 3 heterocycles. The molecule has 2 N–H and O–H groups in total. The highest BCUT2D eigenvalue weighted by Crippen LogP contribution is 2.31. The summed E-state index contributed by atoms with van der Waals surface area (Å²) in [4.78, 5) is 17.3. The molecule has 0 amide bonds. The van der Waals surface area contributed by atoms with E-state index in [1.165, 1.54) is 12.5 Å². The molecule has 0 bridgehead atoms. The van der Waals surface area contributed by atoms with Crippen LogP contribution in [0.25, 0.3) is 22.9 Å². The molecule has 0 radical (unpaired) electrons. The third-order valence-corrected chi connectivity index (χ3v) is 5.34. The van der Waals surface area contributed by atoms with Gasteiger partial charge in [0.05, 0.1) is 42.6 Å². The molecule has 8 heteroatoms. The number of nitrogens with two attached hydrogens (primary N) is 1. The molecule has 3 aromatic rings. The summed E-state index contributed by atoms with van der Waals surface area (Å²) in [5, 5.41) is 9.74. The summed E-state index contributed by atoms with van der Waals surface area (Å²) in [6, 6.07) is 7.82. The minimum atomic E-state index is 0.0588. The number of allylic oxidation sites excluding steroid dienone is 1. The van der Waals surface area contributed by atoms with Gasteiger partial charge < -0.3 is 15.2 Å². The molecule has 1 saturated heterocycles. The second kappa shape index (κ2) is 11.9. The minimum Gasteiger partial charge on any atom is -0.489 e. The predicted molar refractivity (Wildman–Crippen MR) is 133 cm³/mol. The van der Waals surface area contributed by atoms with Crippen LogP contribution < -0.4 is 10.5 Å². The molecule has 0 saturated carbocycles. The topological polar surface area (TPSA) is 120 Å². The number of aromatic nitrogens is 4. The van der Waals surface area contributed by atoms with Crippen LogP contribution >= 0.6 is 0 Å². The van der Waals surface area contributed by atoms with Crippen LogP contribution in [0.2, 0.25) is 0 Å². The molecular formula is C26H30N6O2. The fraction of sp³-hybridized carbons (Fsp3) is 0.346. The molecular weight excluding hydrogens is 428 g/mol. The van der Waals surface area contributed by atoms with Crippen molar-refractivity contribution in [1.82, 2.24) is 19.9 Å². The van der Waals surface area contributed by atoms with Crippen LogP contribution in [0, 0.1) is 18.3 Å². The molecule has 1 fully saturated rings. The molecule has 0 unspecified atom stereocenters. The van der Waals surface area contributed by atoms with Crippen LogP contribution in [0.15, 0.2) is 36.9 Å². The first-order valence-corrected chi connectivity index (χ1v) is 11.4. The standard InChI is InChI=1S/C24H24N6O2.C2H6/c1-15(21-12-27-13-23(26)30-21)9-20-16(2)28-14-29-24(20)17-3-4-22(18(10-17)11-25)32-19-5-7-31-8-6-19;1-2/h3-4,9-10,12-14,19H,5-8H2,1-2H3,(H2,26,30);1-2H3/b15-9+;. The van der Waals surface area contributed by atoms with Crippen LogP contribution in [0.3, 0.4) is 0 Å². The number of hydrogen-bond acceptors (Lipinski definition) is 8. The Morgan fingerprint density at radius 3 is 2.68 bits per heavy atom. The third-order valence-electron chi connectivity index (χ3n) is 5.34. The number of nitrogens with zero attached hydrogens (tertiary/aromatic N) is 5. The van der Waals surface area contributed by atoms with Crippen molar-refractivity contribution in [3.8, 4) is 23.1 Å². The summed E-state index contributed by atoms with van der Waals surface area (Å²) < 4.78 is 11.5. The molecule has 34 heavy (non-hydrogen) atoms. The van der Waals surface area contributed by atoms with Gasteiger partial charge in [0.25, 0.3) is 0 Å². The van der Waals surface area contributed by atoms with Gasteiger partial charge in [0.1, 0.15) is 30.1 Å². The van der Waals surface area contributed by atoms with Crippen molar-refractivity contribution < 1.29 is 9.47 Å². The van der Waals surface area contributed by atoms with Crippen LogP contribution in [-0.4, -0.2) is 39.3 Å². The third kappa shape index (κ3) is 5.94. The zero-order valence-electron chi connectivity index (χ0n) is 20.1. The fourth-order valence-corrected chi connectivity index (χ4v) is 3.59. The van der Waals surface area contributed by atoms with E-state index in [1.807, 2.05) is 52.0 Å². The highest BCUT2D eigenvalue weighted by atomic mass is 16.5. The van der Waals surface area contributed by atoms with Gasteiger partial charge in [0.15, 0.2) is 0 Å². The zero-order valence-corrected chi connectivity index (χ0v) is 20.1. The van der Waals surface area contributed by atoms with Gasteiger partial charge >= 0.3 is 0 Å². The molecule has 0 spiro atoms. The lowest BCUT2D eigenvalue weighted by Crippen LogP contribution is -2.26. The normalized spacial score (nSPS) is 14.0. The Morgan fingerprint density at radius 1 is 1.21 bits per heavy atom. The van der Waals surface area contributed by atoms with E-state index in [2.05, 4.69) is 26.0 Å². The van der Waals surface area contributed by atoms with E-state index in [4.69, 9.17) is 15.2 Å². The van der Waals surface area contributed by atoms with Gasteiger partial charge in [-0.1, -0.05) is 13.8 Å². The van der Waals surface area contributed by atoms with E-state index in [1.54, 1.807) is 6.20 Å². The number of hydrogen-bond donors (Lipinski definition) is 1. The second-order valence-corrected chi connectivity index (χ2v) is 7.63. The lowest BCUT2D eigenvalue weighted by atomic mass is 10.00. The molecule has 176 valence electrons. The summed E-state index contributed by atoms with van der Waals surface area (Å²) in [5.74, 6) is 0.938. The number of benzene rings is 1. The van der Waals surface area contributed by atoms with Crippen LogP contribution in [0.4, 0.5) is 5.82 Å². The molecule has 0 aliphatic carbocycles. The Labute approximate surface area is 200 Å². The molecule has 2 aromatic heterocycles. The number of nitriles is 1. The SMILES string of the molecule is C/C(=C\c1c(C)ncnc1-c1ccc(OC2CCOCC2)c(C#N)c1)c1cncc(N)n1.CC. The van der Waals surface area contributed by atoms with Gasteiger partial charge in [-0.15, -0.1) is 0 Å². The first kappa shape index (κ1) is 24.8. The summed E-state index contributed by atoms with van der Waals surface area (Å²) in [5.41, 5.74) is 11.0. The zero-order chi connectivity index (χ0) is 24.5. The second-order valence-electron chi connectivity index (χ2n) is 7.63. The summed E-state index contributed by atoms with van der Waals surface area (Å²) in [6.45, 7) is 9.21. The lowest BCUT2D eigenvalue weighted by Gasteiger charge is -2.24. The predicted octanol–water partition coefficient (Wildman–Crippen LogP) is 4.84. The van der Waals surface area contributed by atoms with E-state index in [0.717, 1.165) is 40.9 Å². The quantitative estimate of drug-likeness (QED) is 0.577. The molecule has 1 aromatic carbocycles. The molecule has 4 rings (SSSR count). The van der Waals surface area contributed by atoms with Gasteiger partial charge in [-0.3, -0.25) is 4.98 Å². The van der Waals surface area contributed by atoms with Crippen molar-refractivity contribution in [2.75, 3.05) is 18.9 Å². The molecule has 8 nitrogen and oxygen atoms in total. The summed E-state index contributed by atoms with van der Waals surface area (Å²) in [7, 11) is 0. The van der Waals surface area contributed by atoms with Crippen LogP contribution in [-0.2, 0) is 4.74 Å². The van der Waals surface area contributed by atoms with Gasteiger partial charge in [0, 0.05) is 29.7 Å². The van der Waals surface area contributed by atoms with E-state index >= 15 is 0 Å². The Morgan fingerprint density at radius 2 is 1.97 bits per heavy atom. The lowest BCUT2D eigenvalue weighted by molar-refractivity contribution is 0.0254. The van der Waals surface area contributed by atoms with Gasteiger partial charge in [-0.05, 0) is 43.7 Å². The van der Waals surface area contributed by atoms with E-state index in [-0.39, 0.29) is 6.10 Å². The Bertz CT molecular complexity index is 1200. The minimum absolute atomic E-state index is 0.0588. The molecule has 1 aliphatic heterocycles. The Hall–Kier alpha value is -3.83. The van der Waals surface area contributed by atoms with Gasteiger partial charge in [-0.2, -0.15) is 5.26 Å². The molecule has 1 aliphatic rings. The van der Waals surface area contributed by atoms with Crippen molar-refractivity contribution >= 4 is 17.5 Å². The van der Waals surface area contributed by atoms with Crippen molar-refractivity contribution in [3.63, 3.8) is 0 Å². The van der Waals surface area contributed by atoms with E-state index < -0.39 is 0 Å². The summed E-state index contributed by atoms with van der Waals surface area (Å²) >= 11 is 0. The maximum absolute atomic E-state index is 9.74. The number of anilines is 1. The first-order valence-electron chi connectivity index (χ1n) is 11.4. The fourth-order valence-electron chi connectivity index (χ4n) is 3.59. The van der Waals surface area contributed by atoms with Crippen molar-refractivity contribution in [3.05, 3.63) is 59.4 Å². The highest BCUT2D eigenvalue weighted by Gasteiger charge is 2.18. The first-order chi connectivity index (χ1) is 16.5. The maximum atomic E-state index is 9.74. The average molecular weight is 459 g/mol.